The zero-order chi connectivity index (χ0) is 14.5. The van der Waals surface area contributed by atoms with Crippen LogP contribution in [0.3, 0.4) is 0 Å². The molecule has 3 rings (SSSR count). The van der Waals surface area contributed by atoms with Crippen LogP contribution in [0.1, 0.15) is 12.8 Å². The lowest BCUT2D eigenvalue weighted by molar-refractivity contribution is 0.109. The van der Waals surface area contributed by atoms with Gasteiger partial charge in [-0.25, -0.2) is 0 Å². The molecular formula is C17H20BrNO2. The van der Waals surface area contributed by atoms with Crippen molar-refractivity contribution in [3.63, 3.8) is 0 Å². The summed E-state index contributed by atoms with van der Waals surface area (Å²) in [6.07, 6.45) is 2.74. The summed E-state index contributed by atoms with van der Waals surface area (Å²) in [6.45, 7) is 3.32. The number of nitrogens with one attached hydrogen (secondary N) is 1. The average molecular weight is 350 g/mol. The molecule has 1 fully saturated rings. The van der Waals surface area contributed by atoms with E-state index in [-0.39, 0.29) is 0 Å². The first-order chi connectivity index (χ1) is 10.3. The van der Waals surface area contributed by atoms with Crippen molar-refractivity contribution in [1.29, 1.82) is 0 Å². The van der Waals surface area contributed by atoms with Gasteiger partial charge in [0.05, 0.1) is 10.6 Å². The molecule has 0 aromatic heterocycles. The van der Waals surface area contributed by atoms with Crippen LogP contribution in [0.15, 0.2) is 40.9 Å². The average Bonchev–Trinajstić information content (AvgIpc) is 3.03. The van der Waals surface area contributed by atoms with E-state index in [0.717, 1.165) is 29.9 Å². The van der Waals surface area contributed by atoms with Crippen molar-refractivity contribution in [3.8, 4) is 5.75 Å². The second-order valence-corrected chi connectivity index (χ2v) is 6.08. The largest absolute Gasteiger partial charge is 0.491 e. The summed E-state index contributed by atoms with van der Waals surface area (Å²) in [5, 5.41) is 5.79. The Morgan fingerprint density at radius 2 is 2.14 bits per heavy atom. The molecule has 21 heavy (non-hydrogen) atoms. The molecule has 0 bridgehead atoms. The smallest absolute Gasteiger partial charge is 0.134 e. The van der Waals surface area contributed by atoms with Crippen LogP contribution in [0, 0.1) is 0 Å². The zero-order valence-electron chi connectivity index (χ0n) is 12.0. The van der Waals surface area contributed by atoms with Crippen molar-refractivity contribution >= 4 is 26.7 Å². The summed E-state index contributed by atoms with van der Waals surface area (Å²) in [6, 6.07) is 12.4. The second-order valence-electron chi connectivity index (χ2n) is 5.29. The van der Waals surface area contributed by atoms with Gasteiger partial charge in [-0.3, -0.25) is 0 Å². The third-order valence-electron chi connectivity index (χ3n) is 3.76. The summed E-state index contributed by atoms with van der Waals surface area (Å²) < 4.78 is 12.5. The molecule has 0 saturated carbocycles. The fourth-order valence-electron chi connectivity index (χ4n) is 2.63. The zero-order valence-corrected chi connectivity index (χ0v) is 13.6. The van der Waals surface area contributed by atoms with E-state index in [1.54, 1.807) is 0 Å². The van der Waals surface area contributed by atoms with E-state index in [1.807, 2.05) is 18.2 Å². The van der Waals surface area contributed by atoms with Gasteiger partial charge in [0.2, 0.25) is 0 Å². The van der Waals surface area contributed by atoms with Crippen molar-refractivity contribution < 1.29 is 9.47 Å². The van der Waals surface area contributed by atoms with Crippen LogP contribution in [0.25, 0.3) is 10.8 Å². The lowest BCUT2D eigenvalue weighted by atomic mass is 10.1. The maximum absolute atomic E-state index is 5.86. The third-order valence-corrected chi connectivity index (χ3v) is 4.58. The summed E-state index contributed by atoms with van der Waals surface area (Å²) in [5.41, 5.74) is 0. The lowest BCUT2D eigenvalue weighted by Gasteiger charge is -2.13. The number of hydrogen-bond donors (Lipinski definition) is 1. The molecule has 1 unspecified atom stereocenters. The van der Waals surface area contributed by atoms with E-state index in [1.165, 1.54) is 23.6 Å². The second kappa shape index (κ2) is 7.25. The minimum atomic E-state index is 0.386. The quantitative estimate of drug-likeness (QED) is 0.805. The van der Waals surface area contributed by atoms with Gasteiger partial charge in [-0.15, -0.1) is 0 Å². The molecule has 1 atom stereocenters. The first-order valence-electron chi connectivity index (χ1n) is 7.47. The van der Waals surface area contributed by atoms with Gasteiger partial charge in [-0.1, -0.05) is 30.3 Å². The van der Waals surface area contributed by atoms with Gasteiger partial charge in [-0.05, 0) is 45.6 Å². The third kappa shape index (κ3) is 3.76. The lowest BCUT2D eigenvalue weighted by Crippen LogP contribution is -2.29. The van der Waals surface area contributed by atoms with E-state index in [2.05, 4.69) is 39.4 Å². The molecular weight excluding hydrogens is 330 g/mol. The molecule has 0 aliphatic carbocycles. The van der Waals surface area contributed by atoms with Crippen LogP contribution < -0.4 is 10.1 Å². The van der Waals surface area contributed by atoms with Crippen LogP contribution in [0.5, 0.6) is 5.75 Å². The van der Waals surface area contributed by atoms with Crippen LogP contribution in [-0.2, 0) is 4.74 Å². The Morgan fingerprint density at radius 3 is 3.00 bits per heavy atom. The molecule has 0 amide bonds. The topological polar surface area (TPSA) is 30.5 Å². The Bertz CT molecular complexity index is 596. The SMILES string of the molecule is Brc1c(OCCNCC2CCCO2)ccc2ccccc12. The first kappa shape index (κ1) is 14.8. The fourth-order valence-corrected chi connectivity index (χ4v) is 3.23. The molecule has 3 nitrogen and oxygen atoms in total. The molecule has 1 N–H and O–H groups in total. The highest BCUT2D eigenvalue weighted by atomic mass is 79.9. The highest BCUT2D eigenvalue weighted by molar-refractivity contribution is 9.10. The van der Waals surface area contributed by atoms with Crippen molar-refractivity contribution in [2.24, 2.45) is 0 Å². The van der Waals surface area contributed by atoms with Crippen molar-refractivity contribution in [2.75, 3.05) is 26.3 Å². The number of ether oxygens (including phenoxy) is 2. The molecule has 4 heteroatoms. The van der Waals surface area contributed by atoms with Gasteiger partial charge in [0.1, 0.15) is 12.4 Å². The predicted molar refractivity (Wildman–Crippen MR) is 89.0 cm³/mol. The van der Waals surface area contributed by atoms with Crippen LogP contribution in [-0.4, -0.2) is 32.4 Å². The van der Waals surface area contributed by atoms with Gasteiger partial charge < -0.3 is 14.8 Å². The fraction of sp³-hybridized carbons (Fsp3) is 0.412. The standard InChI is InChI=1S/C17H20BrNO2/c18-17-15-6-2-1-4-13(15)7-8-16(17)21-11-9-19-12-14-5-3-10-20-14/h1-2,4,6-8,14,19H,3,5,9-12H2. The van der Waals surface area contributed by atoms with Gasteiger partial charge in [0.15, 0.2) is 0 Å². The number of benzene rings is 2. The molecule has 1 heterocycles. The Morgan fingerprint density at radius 1 is 1.24 bits per heavy atom. The summed E-state index contributed by atoms with van der Waals surface area (Å²) in [4.78, 5) is 0. The highest BCUT2D eigenvalue weighted by Crippen LogP contribution is 2.32. The number of fused-ring (bicyclic) bond motifs is 1. The number of rotatable bonds is 6. The molecule has 1 aliphatic heterocycles. The van der Waals surface area contributed by atoms with Crippen LogP contribution in [0.2, 0.25) is 0 Å². The van der Waals surface area contributed by atoms with Gasteiger partial charge in [0, 0.05) is 19.7 Å². The molecule has 0 spiro atoms. The van der Waals surface area contributed by atoms with Gasteiger partial charge >= 0.3 is 0 Å². The molecule has 1 saturated heterocycles. The van der Waals surface area contributed by atoms with E-state index in [0.29, 0.717) is 12.7 Å². The molecule has 0 radical (unpaired) electrons. The monoisotopic (exact) mass is 349 g/mol. The minimum Gasteiger partial charge on any atom is -0.491 e. The van der Waals surface area contributed by atoms with Crippen molar-refractivity contribution in [2.45, 2.75) is 18.9 Å². The van der Waals surface area contributed by atoms with E-state index >= 15 is 0 Å². The number of halogens is 1. The Kier molecular flexibility index (Phi) is 5.12. The molecule has 1 aliphatic rings. The Balaban J connectivity index is 1.49. The Hall–Kier alpha value is -1.10. The molecule has 2 aromatic rings. The van der Waals surface area contributed by atoms with Crippen LogP contribution >= 0.6 is 15.9 Å². The maximum atomic E-state index is 5.86. The predicted octanol–water partition coefficient (Wildman–Crippen LogP) is 3.75. The van der Waals surface area contributed by atoms with Crippen molar-refractivity contribution in [1.82, 2.24) is 5.32 Å². The molecule has 112 valence electrons. The summed E-state index contributed by atoms with van der Waals surface area (Å²) in [7, 11) is 0. The maximum Gasteiger partial charge on any atom is 0.134 e. The summed E-state index contributed by atoms with van der Waals surface area (Å²) >= 11 is 3.64. The van der Waals surface area contributed by atoms with E-state index in [9.17, 15) is 0 Å². The number of hydrogen-bond acceptors (Lipinski definition) is 3. The van der Waals surface area contributed by atoms with Gasteiger partial charge in [0.25, 0.3) is 0 Å². The van der Waals surface area contributed by atoms with Crippen LogP contribution in [0.4, 0.5) is 0 Å². The highest BCUT2D eigenvalue weighted by Gasteiger charge is 2.14. The van der Waals surface area contributed by atoms with E-state index in [4.69, 9.17) is 9.47 Å². The normalized spacial score (nSPS) is 18.2. The van der Waals surface area contributed by atoms with E-state index < -0.39 is 0 Å². The Labute approximate surface area is 133 Å². The first-order valence-corrected chi connectivity index (χ1v) is 8.26. The van der Waals surface area contributed by atoms with Gasteiger partial charge in [-0.2, -0.15) is 0 Å². The summed E-state index contributed by atoms with van der Waals surface area (Å²) in [5.74, 6) is 0.896. The van der Waals surface area contributed by atoms with Crippen molar-refractivity contribution in [3.05, 3.63) is 40.9 Å². The minimum absolute atomic E-state index is 0.386. The molecule has 2 aromatic carbocycles.